The Bertz CT molecular complexity index is 398. The number of hydrogen-bond donors (Lipinski definition) is 2. The number of guanidine groups is 1. The first-order valence-corrected chi connectivity index (χ1v) is 4.81. The third-order valence-corrected chi connectivity index (χ3v) is 1.84. The van der Waals surface area contributed by atoms with Crippen molar-refractivity contribution in [3.8, 4) is 0 Å². The molecule has 6 heteroatoms. The number of nitrogens with one attached hydrogen (secondary N) is 1. The third-order valence-electron chi connectivity index (χ3n) is 1.40. The van der Waals surface area contributed by atoms with Crippen molar-refractivity contribution in [2.45, 2.75) is 6.92 Å². The van der Waals surface area contributed by atoms with Crippen LogP contribution in [0.25, 0.3) is 0 Å². The molecule has 1 rings (SSSR count). The Balaban J connectivity index is 2.92. The lowest BCUT2D eigenvalue weighted by Gasteiger charge is -2.01. The van der Waals surface area contributed by atoms with Crippen LogP contribution in [0.2, 0.25) is 10.0 Å². The molecule has 80 valence electrons. The van der Waals surface area contributed by atoms with Gasteiger partial charge in [-0.2, -0.15) is 0 Å². The Morgan fingerprint density at radius 1 is 1.33 bits per heavy atom. The fourth-order valence-electron chi connectivity index (χ4n) is 0.951. The van der Waals surface area contributed by atoms with Crippen LogP contribution in [0.15, 0.2) is 23.2 Å². The Morgan fingerprint density at radius 3 is 2.33 bits per heavy atom. The molecular formula is C9H9Cl2N3O. The molecule has 4 nitrogen and oxygen atoms in total. The third kappa shape index (κ3) is 4.18. The number of benzene rings is 1. The van der Waals surface area contributed by atoms with Crippen molar-refractivity contribution in [1.82, 2.24) is 5.32 Å². The molecule has 0 spiro atoms. The molecule has 0 aliphatic heterocycles. The normalized spacial score (nSPS) is 11.3. The van der Waals surface area contributed by atoms with Gasteiger partial charge in [0.05, 0.1) is 5.69 Å². The maximum Gasteiger partial charge on any atom is 0.223 e. The van der Waals surface area contributed by atoms with E-state index in [4.69, 9.17) is 28.9 Å². The fraction of sp³-hybridized carbons (Fsp3) is 0.111. The van der Waals surface area contributed by atoms with Gasteiger partial charge in [-0.05, 0) is 18.2 Å². The molecule has 0 aliphatic carbocycles. The molecule has 0 bridgehead atoms. The second kappa shape index (κ2) is 5.00. The van der Waals surface area contributed by atoms with Crippen molar-refractivity contribution in [1.29, 1.82) is 0 Å². The van der Waals surface area contributed by atoms with Gasteiger partial charge in [-0.15, -0.1) is 0 Å². The van der Waals surface area contributed by atoms with E-state index in [1.807, 2.05) is 0 Å². The van der Waals surface area contributed by atoms with E-state index in [9.17, 15) is 4.79 Å². The molecule has 15 heavy (non-hydrogen) atoms. The first kappa shape index (κ1) is 11.8. The molecule has 0 saturated carbocycles. The van der Waals surface area contributed by atoms with Crippen molar-refractivity contribution in [2.75, 3.05) is 0 Å². The van der Waals surface area contributed by atoms with Crippen LogP contribution in [0.5, 0.6) is 0 Å². The summed E-state index contributed by atoms with van der Waals surface area (Å²) in [7, 11) is 0. The highest BCUT2D eigenvalue weighted by Crippen LogP contribution is 2.24. The summed E-state index contributed by atoms with van der Waals surface area (Å²) in [5.41, 5.74) is 5.92. The van der Waals surface area contributed by atoms with Gasteiger partial charge in [-0.3, -0.25) is 10.1 Å². The van der Waals surface area contributed by atoms with Crippen molar-refractivity contribution >= 4 is 40.8 Å². The number of hydrogen-bond acceptors (Lipinski definition) is 2. The summed E-state index contributed by atoms with van der Waals surface area (Å²) in [5, 5.41) is 3.24. The molecule has 0 saturated heterocycles. The standard InChI is InChI=1S/C9H9Cl2N3O/c1-5(15)13-9(12)14-8-3-6(10)2-7(11)4-8/h2-4H,1H3,(H3,12,13,14,15). The summed E-state index contributed by atoms with van der Waals surface area (Å²) in [6.45, 7) is 1.34. The zero-order valence-electron chi connectivity index (χ0n) is 7.92. The van der Waals surface area contributed by atoms with Crippen LogP contribution in [0.1, 0.15) is 6.92 Å². The molecule has 0 heterocycles. The monoisotopic (exact) mass is 245 g/mol. The largest absolute Gasteiger partial charge is 0.369 e. The van der Waals surface area contributed by atoms with E-state index in [2.05, 4.69) is 10.3 Å². The molecule has 0 aromatic heterocycles. The van der Waals surface area contributed by atoms with Gasteiger partial charge in [0.15, 0.2) is 0 Å². The van der Waals surface area contributed by atoms with Gasteiger partial charge in [0, 0.05) is 17.0 Å². The number of nitrogens with two attached hydrogens (primary N) is 1. The summed E-state index contributed by atoms with van der Waals surface area (Å²) in [6.07, 6.45) is 0. The van der Waals surface area contributed by atoms with Crippen molar-refractivity contribution in [2.24, 2.45) is 10.7 Å². The van der Waals surface area contributed by atoms with E-state index in [0.717, 1.165) is 0 Å². The zero-order valence-corrected chi connectivity index (χ0v) is 9.43. The van der Waals surface area contributed by atoms with Crippen LogP contribution < -0.4 is 11.1 Å². The molecule has 1 amide bonds. The second-order valence-electron chi connectivity index (χ2n) is 2.81. The average molecular weight is 246 g/mol. The Hall–Kier alpha value is -1.26. The number of rotatable bonds is 1. The van der Waals surface area contributed by atoms with E-state index in [0.29, 0.717) is 15.7 Å². The van der Waals surface area contributed by atoms with Crippen LogP contribution >= 0.6 is 23.2 Å². The highest BCUT2D eigenvalue weighted by Gasteiger charge is 1.99. The van der Waals surface area contributed by atoms with Crippen molar-refractivity contribution in [3.63, 3.8) is 0 Å². The van der Waals surface area contributed by atoms with Gasteiger partial charge in [0.2, 0.25) is 11.9 Å². The van der Waals surface area contributed by atoms with Crippen LogP contribution in [-0.2, 0) is 4.79 Å². The van der Waals surface area contributed by atoms with Gasteiger partial charge in [0.1, 0.15) is 0 Å². The summed E-state index contributed by atoms with van der Waals surface area (Å²) in [4.78, 5) is 14.6. The van der Waals surface area contributed by atoms with Gasteiger partial charge < -0.3 is 5.73 Å². The van der Waals surface area contributed by atoms with Crippen LogP contribution in [0.3, 0.4) is 0 Å². The minimum absolute atomic E-state index is 0.000772. The maximum atomic E-state index is 10.7. The smallest absolute Gasteiger partial charge is 0.223 e. The first-order chi connectivity index (χ1) is 6.97. The predicted molar refractivity (Wildman–Crippen MR) is 61.6 cm³/mol. The minimum Gasteiger partial charge on any atom is -0.369 e. The first-order valence-electron chi connectivity index (χ1n) is 4.05. The number of carbonyl (C=O) groups is 1. The van der Waals surface area contributed by atoms with Crippen LogP contribution in [-0.4, -0.2) is 11.9 Å². The molecule has 0 atom stereocenters. The number of amides is 1. The maximum absolute atomic E-state index is 10.7. The molecule has 1 aromatic rings. The summed E-state index contributed by atoms with van der Waals surface area (Å²) >= 11 is 11.5. The van der Waals surface area contributed by atoms with Crippen LogP contribution in [0.4, 0.5) is 5.69 Å². The Kier molecular flexibility index (Phi) is 3.94. The van der Waals surface area contributed by atoms with E-state index in [1.165, 1.54) is 6.92 Å². The van der Waals surface area contributed by atoms with E-state index in [1.54, 1.807) is 18.2 Å². The van der Waals surface area contributed by atoms with Gasteiger partial charge in [0.25, 0.3) is 0 Å². The number of aliphatic imine (C=N–C) groups is 1. The van der Waals surface area contributed by atoms with Gasteiger partial charge >= 0.3 is 0 Å². The molecule has 1 aromatic carbocycles. The van der Waals surface area contributed by atoms with Crippen molar-refractivity contribution < 1.29 is 4.79 Å². The topological polar surface area (TPSA) is 67.5 Å². The molecular weight excluding hydrogens is 237 g/mol. The SMILES string of the molecule is CC(=O)NC(N)=Nc1cc(Cl)cc(Cl)c1. The van der Waals surface area contributed by atoms with Crippen LogP contribution in [0, 0.1) is 0 Å². The Morgan fingerprint density at radius 2 is 1.87 bits per heavy atom. The second-order valence-corrected chi connectivity index (χ2v) is 3.68. The molecule has 0 unspecified atom stereocenters. The molecule has 0 fully saturated rings. The molecule has 0 aliphatic rings. The minimum atomic E-state index is -0.288. The quantitative estimate of drug-likeness (QED) is 0.588. The van der Waals surface area contributed by atoms with Gasteiger partial charge in [-0.25, -0.2) is 4.99 Å². The van der Waals surface area contributed by atoms with Gasteiger partial charge in [-0.1, -0.05) is 23.2 Å². The van der Waals surface area contributed by atoms with E-state index in [-0.39, 0.29) is 11.9 Å². The summed E-state index contributed by atoms with van der Waals surface area (Å²) < 4.78 is 0. The average Bonchev–Trinajstić information content (AvgIpc) is 1.98. The summed E-state index contributed by atoms with van der Waals surface area (Å²) in [6, 6.07) is 4.75. The zero-order chi connectivity index (χ0) is 11.4. The van der Waals surface area contributed by atoms with Crippen molar-refractivity contribution in [3.05, 3.63) is 28.2 Å². The lowest BCUT2D eigenvalue weighted by molar-refractivity contribution is -0.117. The summed E-state index contributed by atoms with van der Waals surface area (Å²) in [5.74, 6) is -0.287. The number of halogens is 2. The lowest BCUT2D eigenvalue weighted by atomic mass is 10.3. The number of nitrogens with zero attached hydrogens (tertiary/aromatic N) is 1. The van der Waals surface area contributed by atoms with E-state index < -0.39 is 0 Å². The Labute approximate surface area is 97.1 Å². The predicted octanol–water partition coefficient (Wildman–Crippen LogP) is 2.08. The molecule has 0 radical (unpaired) electrons. The molecule has 3 N–H and O–H groups in total. The van der Waals surface area contributed by atoms with E-state index >= 15 is 0 Å². The highest BCUT2D eigenvalue weighted by atomic mass is 35.5. The number of carbonyl (C=O) groups excluding carboxylic acids is 1. The lowest BCUT2D eigenvalue weighted by Crippen LogP contribution is -2.34. The highest BCUT2D eigenvalue weighted by molar-refractivity contribution is 6.35. The fourth-order valence-corrected chi connectivity index (χ4v) is 1.47.